The summed E-state index contributed by atoms with van der Waals surface area (Å²) >= 11 is 1.02. The maximum atomic E-state index is 12.2. The third-order valence-electron chi connectivity index (χ3n) is 2.59. The number of benzene rings is 1. The number of nitrogens with one attached hydrogen (secondary N) is 1. The fourth-order valence-electron chi connectivity index (χ4n) is 1.81. The van der Waals surface area contributed by atoms with Crippen molar-refractivity contribution in [1.82, 2.24) is 9.59 Å². The highest BCUT2D eigenvalue weighted by atomic mass is 32.1. The van der Waals surface area contributed by atoms with E-state index in [9.17, 15) is 9.59 Å². The van der Waals surface area contributed by atoms with Gasteiger partial charge in [-0.05, 0) is 23.7 Å². The first-order chi connectivity index (χ1) is 8.75. The van der Waals surface area contributed by atoms with Crippen LogP contribution in [0.4, 0.5) is 11.4 Å². The molecule has 0 radical (unpaired) electrons. The number of hydrogen-bond acceptors (Lipinski definition) is 5. The summed E-state index contributed by atoms with van der Waals surface area (Å²) in [7, 11) is 0. The molecule has 0 aliphatic carbocycles. The molecule has 0 bridgehead atoms. The van der Waals surface area contributed by atoms with Crippen LogP contribution in [0.3, 0.4) is 0 Å². The van der Waals surface area contributed by atoms with Gasteiger partial charge in [-0.1, -0.05) is 16.6 Å². The number of carbonyl (C=O) groups excluding carboxylic acids is 2. The minimum Gasteiger partial charge on any atom is -0.323 e. The maximum absolute atomic E-state index is 12.2. The number of hydrogen-bond donors (Lipinski definition) is 1. The fraction of sp³-hybridized carbons (Fsp3) is 0.0909. The van der Waals surface area contributed by atoms with Gasteiger partial charge in [0.1, 0.15) is 11.4 Å². The molecule has 0 unspecified atom stereocenters. The molecule has 0 saturated carbocycles. The molecule has 0 fully saturated rings. The Hall–Kier alpha value is -2.28. The SMILES string of the molecule is O=C1CN(C(=O)c2cnns2)c2ccccc2N1. The van der Waals surface area contributed by atoms with Gasteiger partial charge in [0.25, 0.3) is 5.91 Å². The summed E-state index contributed by atoms with van der Waals surface area (Å²) in [6, 6.07) is 7.18. The van der Waals surface area contributed by atoms with Gasteiger partial charge in [-0.2, -0.15) is 0 Å². The zero-order valence-corrected chi connectivity index (χ0v) is 9.98. The quantitative estimate of drug-likeness (QED) is 0.834. The number of aromatic nitrogens is 2. The van der Waals surface area contributed by atoms with Crippen LogP contribution in [0.1, 0.15) is 9.67 Å². The largest absolute Gasteiger partial charge is 0.323 e. The van der Waals surface area contributed by atoms with Crippen molar-refractivity contribution in [2.45, 2.75) is 0 Å². The highest BCUT2D eigenvalue weighted by molar-refractivity contribution is 7.07. The molecule has 1 aliphatic heterocycles. The van der Waals surface area contributed by atoms with E-state index in [0.717, 1.165) is 11.5 Å². The molecule has 18 heavy (non-hydrogen) atoms. The van der Waals surface area contributed by atoms with Gasteiger partial charge in [0, 0.05) is 0 Å². The number of amides is 2. The zero-order valence-electron chi connectivity index (χ0n) is 9.16. The van der Waals surface area contributed by atoms with E-state index in [1.54, 1.807) is 18.2 Å². The van der Waals surface area contributed by atoms with E-state index in [4.69, 9.17) is 0 Å². The van der Waals surface area contributed by atoms with Crippen LogP contribution in [0.15, 0.2) is 30.5 Å². The zero-order chi connectivity index (χ0) is 12.5. The van der Waals surface area contributed by atoms with Crippen molar-refractivity contribution < 1.29 is 9.59 Å². The lowest BCUT2D eigenvalue weighted by Crippen LogP contribution is -2.41. The maximum Gasteiger partial charge on any atom is 0.272 e. The Kier molecular flexibility index (Phi) is 2.52. The second-order valence-electron chi connectivity index (χ2n) is 3.74. The molecule has 1 aromatic carbocycles. The Bertz CT molecular complexity index is 611. The van der Waals surface area contributed by atoms with Crippen LogP contribution in [0.25, 0.3) is 0 Å². The Morgan fingerprint density at radius 1 is 1.39 bits per heavy atom. The van der Waals surface area contributed by atoms with E-state index in [0.29, 0.717) is 16.3 Å². The first kappa shape index (κ1) is 10.8. The van der Waals surface area contributed by atoms with Crippen molar-refractivity contribution in [2.24, 2.45) is 0 Å². The average molecular weight is 260 g/mol. The minimum absolute atomic E-state index is 0.00769. The number of rotatable bonds is 1. The first-order valence-corrected chi connectivity index (χ1v) is 6.01. The lowest BCUT2D eigenvalue weighted by atomic mass is 10.2. The van der Waals surface area contributed by atoms with E-state index in [2.05, 4.69) is 14.9 Å². The molecule has 1 aliphatic rings. The van der Waals surface area contributed by atoms with Crippen molar-refractivity contribution in [1.29, 1.82) is 0 Å². The van der Waals surface area contributed by atoms with Crippen LogP contribution in [-0.2, 0) is 4.79 Å². The first-order valence-electron chi connectivity index (χ1n) is 5.24. The molecule has 7 heteroatoms. The van der Waals surface area contributed by atoms with Gasteiger partial charge in [-0.25, -0.2) is 0 Å². The van der Waals surface area contributed by atoms with Gasteiger partial charge in [0.15, 0.2) is 0 Å². The molecule has 6 nitrogen and oxygen atoms in total. The number of fused-ring (bicyclic) bond motifs is 1. The topological polar surface area (TPSA) is 75.2 Å². The van der Waals surface area contributed by atoms with Crippen LogP contribution >= 0.6 is 11.5 Å². The smallest absolute Gasteiger partial charge is 0.272 e. The van der Waals surface area contributed by atoms with E-state index in [-0.39, 0.29) is 18.4 Å². The molecule has 90 valence electrons. The Morgan fingerprint density at radius 2 is 2.22 bits per heavy atom. The number of nitrogens with zero attached hydrogens (tertiary/aromatic N) is 3. The fourth-order valence-corrected chi connectivity index (χ4v) is 2.27. The normalized spacial score (nSPS) is 14.0. The van der Waals surface area contributed by atoms with Gasteiger partial charge in [-0.15, -0.1) is 5.10 Å². The van der Waals surface area contributed by atoms with Gasteiger partial charge in [-0.3, -0.25) is 14.5 Å². The summed E-state index contributed by atoms with van der Waals surface area (Å²) in [5.41, 5.74) is 1.33. The van der Waals surface area contributed by atoms with Crippen molar-refractivity contribution in [3.8, 4) is 0 Å². The second kappa shape index (κ2) is 4.19. The highest BCUT2D eigenvalue weighted by Crippen LogP contribution is 2.30. The molecule has 0 spiro atoms. The van der Waals surface area contributed by atoms with Crippen LogP contribution in [0, 0.1) is 0 Å². The van der Waals surface area contributed by atoms with Crippen LogP contribution in [0.5, 0.6) is 0 Å². The van der Waals surface area contributed by atoms with Crippen molar-refractivity contribution in [2.75, 3.05) is 16.8 Å². The van der Waals surface area contributed by atoms with E-state index < -0.39 is 0 Å². The summed E-state index contributed by atoms with van der Waals surface area (Å²) in [4.78, 5) is 25.7. The number of para-hydroxylation sites is 2. The molecule has 3 rings (SSSR count). The van der Waals surface area contributed by atoms with Crippen molar-refractivity contribution in [3.63, 3.8) is 0 Å². The molecule has 2 aromatic rings. The van der Waals surface area contributed by atoms with E-state index in [1.807, 2.05) is 6.07 Å². The predicted molar refractivity (Wildman–Crippen MR) is 66.7 cm³/mol. The minimum atomic E-state index is -0.257. The third-order valence-corrected chi connectivity index (χ3v) is 3.24. The monoisotopic (exact) mass is 260 g/mol. The third kappa shape index (κ3) is 1.74. The molecule has 0 saturated heterocycles. The average Bonchev–Trinajstić information content (AvgIpc) is 2.90. The predicted octanol–water partition coefficient (Wildman–Crippen LogP) is 1.14. The number of anilines is 2. The standard InChI is InChI=1S/C11H8N4O2S/c16-10-6-15(11(17)9-5-12-14-18-9)8-4-2-1-3-7(8)13-10/h1-5H,6H2,(H,13,16). The van der Waals surface area contributed by atoms with E-state index in [1.165, 1.54) is 11.1 Å². The summed E-state index contributed by atoms with van der Waals surface area (Å²) in [6.45, 7) is 0.00769. The lowest BCUT2D eigenvalue weighted by Gasteiger charge is -2.28. The van der Waals surface area contributed by atoms with Gasteiger partial charge in [0.2, 0.25) is 5.91 Å². The molecule has 2 heterocycles. The molecule has 0 atom stereocenters. The summed E-state index contributed by atoms with van der Waals surface area (Å²) in [6.07, 6.45) is 1.40. The molecule has 1 N–H and O–H groups in total. The molecular weight excluding hydrogens is 252 g/mol. The van der Waals surface area contributed by atoms with Gasteiger partial charge < -0.3 is 5.32 Å². The summed E-state index contributed by atoms with van der Waals surface area (Å²) in [5, 5.41) is 6.36. The highest BCUT2D eigenvalue weighted by Gasteiger charge is 2.28. The molecular formula is C11H8N4O2S. The van der Waals surface area contributed by atoms with Gasteiger partial charge in [0.05, 0.1) is 17.6 Å². The lowest BCUT2D eigenvalue weighted by molar-refractivity contribution is -0.115. The van der Waals surface area contributed by atoms with Crippen LogP contribution in [0.2, 0.25) is 0 Å². The van der Waals surface area contributed by atoms with Gasteiger partial charge >= 0.3 is 0 Å². The summed E-state index contributed by atoms with van der Waals surface area (Å²) in [5.74, 6) is -0.466. The Labute approximate surface area is 106 Å². The van der Waals surface area contributed by atoms with Crippen LogP contribution in [-0.4, -0.2) is 27.9 Å². The Balaban J connectivity index is 2.03. The van der Waals surface area contributed by atoms with Crippen molar-refractivity contribution in [3.05, 3.63) is 35.3 Å². The Morgan fingerprint density at radius 3 is 3.00 bits per heavy atom. The molecule has 1 aromatic heterocycles. The summed E-state index contributed by atoms with van der Waals surface area (Å²) < 4.78 is 3.66. The second-order valence-corrected chi connectivity index (χ2v) is 4.52. The van der Waals surface area contributed by atoms with E-state index >= 15 is 0 Å². The molecule has 2 amide bonds. The number of carbonyl (C=O) groups is 2. The van der Waals surface area contributed by atoms with Crippen LogP contribution < -0.4 is 10.2 Å². The van der Waals surface area contributed by atoms with Crippen molar-refractivity contribution >= 4 is 34.7 Å².